The van der Waals surface area contributed by atoms with E-state index in [4.69, 9.17) is 33.2 Å². The molecule has 0 aliphatic heterocycles. The molecule has 0 atom stereocenters. The number of unbranched alkanes of at least 4 members (excludes halogenated alkanes) is 3. The van der Waals surface area contributed by atoms with Crippen molar-refractivity contribution in [3.8, 4) is 0 Å². The monoisotopic (exact) mass is 520 g/mol. The lowest BCUT2D eigenvalue weighted by molar-refractivity contribution is -0.0202. The van der Waals surface area contributed by atoms with Crippen LogP contribution in [0.5, 0.6) is 0 Å². The van der Waals surface area contributed by atoms with Crippen molar-refractivity contribution in [3.63, 3.8) is 0 Å². The summed E-state index contributed by atoms with van der Waals surface area (Å²) in [5.41, 5.74) is 0. The van der Waals surface area contributed by atoms with Crippen molar-refractivity contribution in [2.24, 2.45) is 0 Å². The molecule has 0 heterocycles. The van der Waals surface area contributed by atoms with E-state index in [1.165, 1.54) is 23.7 Å². The Morgan fingerprint density at radius 2 is 0.714 bits per heavy atom. The van der Waals surface area contributed by atoms with E-state index in [-0.39, 0.29) is 0 Å². The third-order valence-corrected chi connectivity index (χ3v) is 4.37. The first-order chi connectivity index (χ1) is 13.9. The second-order valence-corrected chi connectivity index (χ2v) is 7.05. The lowest BCUT2D eigenvalue weighted by Gasteiger charge is -2.08. The Bertz CT molecular complexity index is 247. The predicted octanol–water partition coefficient (Wildman–Crippen LogP) is 3.12. The Hall–Kier alpha value is 0.450. The number of halogens is 1. The predicted molar refractivity (Wildman–Crippen MR) is 119 cm³/mol. The Morgan fingerprint density at radius 1 is 0.393 bits per heavy atom. The third-order valence-electron chi connectivity index (χ3n) is 3.61. The van der Waals surface area contributed by atoms with Gasteiger partial charge >= 0.3 is 0 Å². The summed E-state index contributed by atoms with van der Waals surface area (Å²) in [7, 11) is 0. The largest absolute Gasteiger partial charge is 0.379 e. The molecule has 8 heteroatoms. The molecule has 0 aliphatic rings. The van der Waals surface area contributed by atoms with Crippen molar-refractivity contribution in [2.45, 2.75) is 32.6 Å². The molecule has 0 aromatic rings. The van der Waals surface area contributed by atoms with E-state index in [1.807, 2.05) is 6.92 Å². The van der Waals surface area contributed by atoms with Crippen molar-refractivity contribution in [2.75, 3.05) is 96.9 Å². The summed E-state index contributed by atoms with van der Waals surface area (Å²) in [6.07, 6.45) is 5.03. The van der Waals surface area contributed by atoms with E-state index in [0.29, 0.717) is 79.3 Å². The van der Waals surface area contributed by atoms with Crippen LogP contribution >= 0.6 is 22.6 Å². The van der Waals surface area contributed by atoms with Crippen LogP contribution in [0, 0.1) is 0 Å². The zero-order valence-corrected chi connectivity index (χ0v) is 19.8. The van der Waals surface area contributed by atoms with Gasteiger partial charge in [0.05, 0.1) is 79.3 Å². The zero-order chi connectivity index (χ0) is 20.4. The summed E-state index contributed by atoms with van der Waals surface area (Å²) in [4.78, 5) is 0. The maximum atomic E-state index is 5.53. The van der Waals surface area contributed by atoms with Crippen molar-refractivity contribution >= 4 is 22.6 Å². The summed E-state index contributed by atoms with van der Waals surface area (Å²) in [6.45, 7) is 10.6. The van der Waals surface area contributed by atoms with Gasteiger partial charge in [-0.2, -0.15) is 0 Å². The number of ether oxygens (including phenoxy) is 7. The summed E-state index contributed by atoms with van der Waals surface area (Å²) in [6, 6.07) is 0. The molecule has 7 nitrogen and oxygen atoms in total. The van der Waals surface area contributed by atoms with Crippen LogP contribution in [0.4, 0.5) is 0 Å². The normalized spacial score (nSPS) is 11.4. The van der Waals surface area contributed by atoms with Gasteiger partial charge in [-0.15, -0.1) is 0 Å². The lowest BCUT2D eigenvalue weighted by atomic mass is 10.2. The van der Waals surface area contributed by atoms with Crippen LogP contribution in [-0.2, 0) is 33.2 Å². The minimum atomic E-state index is 0.564. The fourth-order valence-electron chi connectivity index (χ4n) is 2.12. The Kier molecular flexibility index (Phi) is 27.9. The number of hydrogen-bond donors (Lipinski definition) is 0. The molecule has 170 valence electrons. The summed E-state index contributed by atoms with van der Waals surface area (Å²) >= 11 is 2.42. The number of rotatable bonds is 25. The van der Waals surface area contributed by atoms with Crippen LogP contribution in [0.2, 0.25) is 0 Å². The molecular weight excluding hydrogens is 479 g/mol. The van der Waals surface area contributed by atoms with Crippen LogP contribution in [0.1, 0.15) is 32.6 Å². The molecule has 0 aliphatic carbocycles. The molecule has 0 amide bonds. The lowest BCUT2D eigenvalue weighted by Crippen LogP contribution is -2.14. The fourth-order valence-corrected chi connectivity index (χ4v) is 2.66. The summed E-state index contributed by atoms with van der Waals surface area (Å²) in [5, 5.41) is 0. The molecule has 0 saturated heterocycles. The fraction of sp³-hybridized carbons (Fsp3) is 1.00. The summed E-state index contributed by atoms with van der Waals surface area (Å²) < 4.78 is 39.0. The van der Waals surface area contributed by atoms with Crippen molar-refractivity contribution in [3.05, 3.63) is 0 Å². The molecule has 0 rings (SSSR count). The molecular formula is C20H41IO7. The third kappa shape index (κ3) is 26.4. The highest BCUT2D eigenvalue weighted by Gasteiger charge is 1.95. The molecule has 0 saturated carbocycles. The Morgan fingerprint density at radius 3 is 1.07 bits per heavy atom. The van der Waals surface area contributed by atoms with Crippen LogP contribution in [0.3, 0.4) is 0 Å². The molecule has 0 radical (unpaired) electrons. The van der Waals surface area contributed by atoms with Gasteiger partial charge in [-0.1, -0.05) is 35.4 Å². The van der Waals surface area contributed by atoms with Gasteiger partial charge in [-0.25, -0.2) is 0 Å². The highest BCUT2D eigenvalue weighted by Crippen LogP contribution is 2.02. The highest BCUT2D eigenvalue weighted by molar-refractivity contribution is 14.1. The molecule has 0 aromatic carbocycles. The van der Waals surface area contributed by atoms with E-state index in [0.717, 1.165) is 19.6 Å². The van der Waals surface area contributed by atoms with E-state index in [9.17, 15) is 0 Å². The second kappa shape index (κ2) is 27.5. The minimum absolute atomic E-state index is 0.564. The SMILES string of the molecule is CCOCCOCCOCCOCCOCCOCCOCCCCCCI. The van der Waals surface area contributed by atoms with Gasteiger partial charge < -0.3 is 33.2 Å². The van der Waals surface area contributed by atoms with Gasteiger partial charge in [0, 0.05) is 13.2 Å². The molecule has 0 N–H and O–H groups in total. The van der Waals surface area contributed by atoms with Crippen LogP contribution in [0.25, 0.3) is 0 Å². The van der Waals surface area contributed by atoms with Crippen LogP contribution in [-0.4, -0.2) is 96.9 Å². The Balaban J connectivity index is 2.96. The van der Waals surface area contributed by atoms with E-state index < -0.39 is 0 Å². The van der Waals surface area contributed by atoms with E-state index in [2.05, 4.69) is 22.6 Å². The first-order valence-corrected chi connectivity index (χ1v) is 12.0. The molecule has 0 fully saturated rings. The average Bonchev–Trinajstić information content (AvgIpc) is 2.71. The number of alkyl halides is 1. The Labute approximate surface area is 185 Å². The minimum Gasteiger partial charge on any atom is -0.379 e. The van der Waals surface area contributed by atoms with Crippen LogP contribution in [0.15, 0.2) is 0 Å². The van der Waals surface area contributed by atoms with Gasteiger partial charge in [0.2, 0.25) is 0 Å². The molecule has 0 spiro atoms. The topological polar surface area (TPSA) is 64.6 Å². The van der Waals surface area contributed by atoms with Crippen molar-refractivity contribution in [1.82, 2.24) is 0 Å². The van der Waals surface area contributed by atoms with E-state index in [1.54, 1.807) is 0 Å². The smallest absolute Gasteiger partial charge is 0.0701 e. The van der Waals surface area contributed by atoms with Crippen LogP contribution < -0.4 is 0 Å². The van der Waals surface area contributed by atoms with Gasteiger partial charge in [-0.05, 0) is 24.2 Å². The van der Waals surface area contributed by atoms with Gasteiger partial charge in [0.15, 0.2) is 0 Å². The quantitative estimate of drug-likeness (QED) is 0.104. The van der Waals surface area contributed by atoms with Gasteiger partial charge in [0.25, 0.3) is 0 Å². The number of hydrogen-bond acceptors (Lipinski definition) is 7. The highest BCUT2D eigenvalue weighted by atomic mass is 127. The molecule has 28 heavy (non-hydrogen) atoms. The van der Waals surface area contributed by atoms with Gasteiger partial charge in [-0.3, -0.25) is 0 Å². The average molecular weight is 520 g/mol. The van der Waals surface area contributed by atoms with Crippen molar-refractivity contribution < 1.29 is 33.2 Å². The molecule has 0 unspecified atom stereocenters. The summed E-state index contributed by atoms with van der Waals surface area (Å²) in [5.74, 6) is 0. The zero-order valence-electron chi connectivity index (χ0n) is 17.7. The second-order valence-electron chi connectivity index (χ2n) is 5.97. The standard InChI is InChI=1S/C20H41IO7/c1-2-22-9-10-24-13-14-26-17-18-28-20-19-27-16-15-25-12-11-23-8-6-4-3-5-7-21/h2-20H2,1H3. The molecule has 0 aromatic heterocycles. The van der Waals surface area contributed by atoms with E-state index >= 15 is 0 Å². The van der Waals surface area contributed by atoms with Gasteiger partial charge in [0.1, 0.15) is 0 Å². The first-order valence-electron chi connectivity index (χ1n) is 10.5. The maximum absolute atomic E-state index is 5.53. The maximum Gasteiger partial charge on any atom is 0.0701 e. The van der Waals surface area contributed by atoms with Crippen molar-refractivity contribution in [1.29, 1.82) is 0 Å². The molecule has 0 bridgehead atoms. The first kappa shape index (κ1) is 28.5.